The van der Waals surface area contributed by atoms with Crippen LogP contribution < -0.4 is 5.32 Å². The van der Waals surface area contributed by atoms with Crippen molar-refractivity contribution in [2.75, 3.05) is 27.2 Å². The molecule has 0 aromatic carbocycles. The first-order chi connectivity index (χ1) is 9.22. The van der Waals surface area contributed by atoms with Crippen LogP contribution in [-0.2, 0) is 4.79 Å². The first kappa shape index (κ1) is 16.7. The molecule has 2 amide bonds. The van der Waals surface area contributed by atoms with Crippen LogP contribution >= 0.6 is 0 Å². The Hall–Kier alpha value is -1.34. The van der Waals surface area contributed by atoms with Crippen molar-refractivity contribution in [2.24, 2.45) is 5.92 Å². The first-order valence-electron chi connectivity index (χ1n) is 6.85. The number of nitrogens with one attached hydrogen (secondary N) is 1. The molecule has 1 aliphatic rings. The van der Waals surface area contributed by atoms with Gasteiger partial charge in [0.05, 0.1) is 6.10 Å². The van der Waals surface area contributed by atoms with Gasteiger partial charge in [-0.15, -0.1) is 0 Å². The van der Waals surface area contributed by atoms with Gasteiger partial charge in [0, 0.05) is 25.6 Å². The maximum Gasteiger partial charge on any atom is 0.326 e. The molecule has 0 aromatic heterocycles. The van der Waals surface area contributed by atoms with E-state index in [4.69, 9.17) is 5.11 Å². The van der Waals surface area contributed by atoms with Crippen LogP contribution in [-0.4, -0.2) is 77.4 Å². The molecule has 0 aromatic rings. The Morgan fingerprint density at radius 2 is 2.00 bits per heavy atom. The summed E-state index contributed by atoms with van der Waals surface area (Å²) in [5.74, 6) is -0.845. The van der Waals surface area contributed by atoms with E-state index in [9.17, 15) is 14.7 Å². The van der Waals surface area contributed by atoms with Crippen LogP contribution in [0.4, 0.5) is 4.79 Å². The highest BCUT2D eigenvalue weighted by atomic mass is 16.4. The molecule has 0 bridgehead atoms. The van der Waals surface area contributed by atoms with Crippen LogP contribution in [0.15, 0.2) is 0 Å². The van der Waals surface area contributed by atoms with E-state index < -0.39 is 24.1 Å². The third-order valence-corrected chi connectivity index (χ3v) is 3.50. The number of hydrogen-bond acceptors (Lipinski definition) is 4. The molecule has 0 saturated carbocycles. The summed E-state index contributed by atoms with van der Waals surface area (Å²) in [5, 5.41) is 21.5. The molecule has 1 rings (SSSR count). The molecule has 20 heavy (non-hydrogen) atoms. The van der Waals surface area contributed by atoms with Crippen molar-refractivity contribution >= 4 is 12.0 Å². The molecule has 3 N–H and O–H groups in total. The Bertz CT molecular complexity index is 360. The summed E-state index contributed by atoms with van der Waals surface area (Å²) >= 11 is 0. The van der Waals surface area contributed by atoms with Gasteiger partial charge in [-0.25, -0.2) is 9.59 Å². The Morgan fingerprint density at radius 3 is 2.45 bits per heavy atom. The number of carboxylic acids is 1. The van der Waals surface area contributed by atoms with Crippen molar-refractivity contribution in [1.29, 1.82) is 0 Å². The van der Waals surface area contributed by atoms with E-state index in [1.807, 2.05) is 32.8 Å². The molecular formula is C13H25N3O4. The number of carboxylic acid groups (broad SMARTS) is 1. The molecule has 1 saturated heterocycles. The second-order valence-corrected chi connectivity index (χ2v) is 5.96. The molecular weight excluding hydrogens is 262 g/mol. The topological polar surface area (TPSA) is 93.1 Å². The van der Waals surface area contributed by atoms with Crippen LogP contribution in [0.1, 0.15) is 20.3 Å². The van der Waals surface area contributed by atoms with Crippen LogP contribution in [0.5, 0.6) is 0 Å². The van der Waals surface area contributed by atoms with Gasteiger partial charge >= 0.3 is 12.0 Å². The minimum atomic E-state index is -1.08. The van der Waals surface area contributed by atoms with Gasteiger partial charge in [-0.05, 0) is 20.0 Å². The van der Waals surface area contributed by atoms with E-state index in [2.05, 4.69) is 5.32 Å². The van der Waals surface area contributed by atoms with Crippen LogP contribution in [0, 0.1) is 5.92 Å². The number of rotatable bonds is 5. The minimum absolute atomic E-state index is 0.0651. The summed E-state index contributed by atoms with van der Waals surface area (Å²) in [6, 6.07) is -1.43. The number of urea groups is 1. The van der Waals surface area contributed by atoms with Gasteiger partial charge in [-0.1, -0.05) is 13.8 Å². The summed E-state index contributed by atoms with van der Waals surface area (Å²) in [5.41, 5.74) is 0. The number of likely N-dealkylation sites (tertiary alicyclic amines) is 1. The van der Waals surface area contributed by atoms with E-state index in [-0.39, 0.29) is 24.9 Å². The Labute approximate surface area is 119 Å². The van der Waals surface area contributed by atoms with Crippen molar-refractivity contribution in [3.8, 4) is 0 Å². The average Bonchev–Trinajstić information content (AvgIpc) is 2.69. The molecule has 1 heterocycles. The molecule has 7 heteroatoms. The maximum absolute atomic E-state index is 12.2. The van der Waals surface area contributed by atoms with E-state index >= 15 is 0 Å². The van der Waals surface area contributed by atoms with E-state index in [0.29, 0.717) is 6.54 Å². The summed E-state index contributed by atoms with van der Waals surface area (Å²) in [7, 11) is 3.84. The van der Waals surface area contributed by atoms with Crippen molar-refractivity contribution in [2.45, 2.75) is 38.5 Å². The lowest BCUT2D eigenvalue weighted by molar-refractivity contribution is -0.141. The lowest BCUT2D eigenvalue weighted by Crippen LogP contribution is -2.52. The number of nitrogens with zero attached hydrogens (tertiary/aromatic N) is 2. The highest BCUT2D eigenvalue weighted by Gasteiger charge is 2.39. The largest absolute Gasteiger partial charge is 0.480 e. The molecule has 7 nitrogen and oxygen atoms in total. The van der Waals surface area contributed by atoms with Gasteiger partial charge in [0.15, 0.2) is 0 Å². The fraction of sp³-hybridized carbons (Fsp3) is 0.846. The summed E-state index contributed by atoms with van der Waals surface area (Å²) < 4.78 is 0. The molecule has 0 spiro atoms. The van der Waals surface area contributed by atoms with Crippen molar-refractivity contribution in [3.05, 3.63) is 0 Å². The quantitative estimate of drug-likeness (QED) is 0.651. The Kier molecular flexibility index (Phi) is 5.76. The number of carbonyl (C=O) groups is 2. The second kappa shape index (κ2) is 6.90. The first-order valence-corrected chi connectivity index (χ1v) is 6.85. The van der Waals surface area contributed by atoms with Crippen LogP contribution in [0.2, 0.25) is 0 Å². The Balaban J connectivity index is 2.70. The van der Waals surface area contributed by atoms with Crippen molar-refractivity contribution in [3.63, 3.8) is 0 Å². The number of aliphatic carboxylic acids is 1. The molecule has 0 radical (unpaired) electrons. The highest BCUT2D eigenvalue weighted by Crippen LogP contribution is 2.18. The highest BCUT2D eigenvalue weighted by molar-refractivity contribution is 5.83. The molecule has 0 aliphatic carbocycles. The number of amides is 2. The van der Waals surface area contributed by atoms with Gasteiger partial charge < -0.3 is 25.3 Å². The smallest absolute Gasteiger partial charge is 0.326 e. The number of β-amino-alcohol motifs (C(OH)–C–C–N with tert-alkyl or cyclic N) is 1. The lowest BCUT2D eigenvalue weighted by Gasteiger charge is -2.29. The van der Waals surface area contributed by atoms with E-state index in [0.717, 1.165) is 0 Å². The molecule has 3 atom stereocenters. The van der Waals surface area contributed by atoms with Crippen molar-refractivity contribution in [1.82, 2.24) is 15.1 Å². The van der Waals surface area contributed by atoms with Gasteiger partial charge in [0.1, 0.15) is 6.04 Å². The zero-order valence-corrected chi connectivity index (χ0v) is 12.5. The van der Waals surface area contributed by atoms with Gasteiger partial charge in [0.25, 0.3) is 0 Å². The number of aliphatic hydroxyl groups is 1. The molecule has 1 aliphatic heterocycles. The van der Waals surface area contributed by atoms with Gasteiger partial charge in [-0.3, -0.25) is 0 Å². The van der Waals surface area contributed by atoms with Crippen LogP contribution in [0.25, 0.3) is 0 Å². The van der Waals surface area contributed by atoms with E-state index in [1.165, 1.54) is 4.90 Å². The van der Waals surface area contributed by atoms with Crippen LogP contribution in [0.3, 0.4) is 0 Å². The molecule has 116 valence electrons. The SMILES string of the molecule is CC(C)C(CN(C)C)NC(=O)N1C[C@@H](O)C[C@H]1C(=O)O. The van der Waals surface area contributed by atoms with Gasteiger partial charge in [-0.2, -0.15) is 0 Å². The minimum Gasteiger partial charge on any atom is -0.480 e. The zero-order valence-electron chi connectivity index (χ0n) is 12.5. The third-order valence-electron chi connectivity index (χ3n) is 3.50. The van der Waals surface area contributed by atoms with Crippen molar-refractivity contribution < 1.29 is 19.8 Å². The summed E-state index contributed by atoms with van der Waals surface area (Å²) in [4.78, 5) is 26.5. The molecule has 1 unspecified atom stereocenters. The number of carbonyl (C=O) groups excluding carboxylic acids is 1. The third kappa shape index (κ3) is 4.35. The number of likely N-dealkylation sites (N-methyl/N-ethyl adjacent to an activating group) is 1. The Morgan fingerprint density at radius 1 is 1.40 bits per heavy atom. The average molecular weight is 287 g/mol. The number of aliphatic hydroxyl groups excluding tert-OH is 1. The summed E-state index contributed by atoms with van der Waals surface area (Å²) in [6.45, 7) is 4.75. The monoisotopic (exact) mass is 287 g/mol. The standard InChI is InChI=1S/C13H25N3O4/c1-8(2)10(7-15(3)4)14-13(20)16-6-9(17)5-11(16)12(18)19/h8-11,17H,5-7H2,1-4H3,(H,14,20)(H,18,19)/t9-,10?,11-/m0/s1. The normalized spacial score (nSPS) is 24.2. The fourth-order valence-electron chi connectivity index (χ4n) is 2.33. The zero-order chi connectivity index (χ0) is 15.4. The maximum atomic E-state index is 12.2. The second-order valence-electron chi connectivity index (χ2n) is 5.96. The lowest BCUT2D eigenvalue weighted by atomic mass is 10.0. The molecule has 1 fully saturated rings. The predicted octanol–water partition coefficient (Wildman–Crippen LogP) is -0.198. The fourth-order valence-corrected chi connectivity index (χ4v) is 2.33. The van der Waals surface area contributed by atoms with E-state index in [1.54, 1.807) is 0 Å². The summed E-state index contributed by atoms with van der Waals surface area (Å²) in [6.07, 6.45) is -0.684. The number of hydrogen-bond donors (Lipinski definition) is 3. The van der Waals surface area contributed by atoms with Gasteiger partial charge in [0.2, 0.25) is 0 Å². The predicted molar refractivity (Wildman–Crippen MR) is 74.5 cm³/mol.